The van der Waals surface area contributed by atoms with Gasteiger partial charge in [0.2, 0.25) is 5.91 Å². The fourth-order valence-corrected chi connectivity index (χ4v) is 2.46. The summed E-state index contributed by atoms with van der Waals surface area (Å²) in [6.45, 7) is 2.26. The van der Waals surface area contributed by atoms with Gasteiger partial charge in [0, 0.05) is 18.2 Å². The number of carbonyl (C=O) groups excluding carboxylic acids is 2. The van der Waals surface area contributed by atoms with Crippen LogP contribution in [0.15, 0.2) is 18.2 Å². The molecule has 1 aliphatic heterocycles. The molecule has 0 radical (unpaired) electrons. The highest BCUT2D eigenvalue weighted by Crippen LogP contribution is 2.26. The summed E-state index contributed by atoms with van der Waals surface area (Å²) in [5.74, 6) is -1.03. The van der Waals surface area contributed by atoms with E-state index in [1.165, 1.54) is 12.1 Å². The van der Waals surface area contributed by atoms with Crippen molar-refractivity contribution in [1.29, 1.82) is 0 Å². The molecule has 5 N–H and O–H groups in total. The van der Waals surface area contributed by atoms with Crippen LogP contribution in [0.1, 0.15) is 30.1 Å². The van der Waals surface area contributed by atoms with Crippen molar-refractivity contribution in [1.82, 2.24) is 4.90 Å². The number of amides is 2. The zero-order valence-corrected chi connectivity index (χ0v) is 11.4. The zero-order chi connectivity index (χ0) is 14.9. The second-order valence-corrected chi connectivity index (χ2v) is 5.26. The number of piperidine rings is 1. The van der Waals surface area contributed by atoms with Gasteiger partial charge in [0.15, 0.2) is 0 Å². The molecule has 6 nitrogen and oxygen atoms in total. The van der Waals surface area contributed by atoms with Crippen LogP contribution >= 0.6 is 0 Å². The molecule has 0 aromatic heterocycles. The van der Waals surface area contributed by atoms with Crippen molar-refractivity contribution in [2.75, 3.05) is 12.3 Å². The number of phenolic OH excluding ortho intramolecular Hbond substituents is 1. The number of rotatable bonds is 2. The number of hydrogen-bond acceptors (Lipinski definition) is 4. The molecule has 1 saturated heterocycles. The maximum Gasteiger partial charge on any atom is 0.254 e. The van der Waals surface area contributed by atoms with Gasteiger partial charge in [0.05, 0.1) is 11.6 Å². The molecule has 20 heavy (non-hydrogen) atoms. The van der Waals surface area contributed by atoms with Gasteiger partial charge in [-0.05, 0) is 38.0 Å². The molecule has 0 saturated carbocycles. The predicted molar refractivity (Wildman–Crippen MR) is 74.9 cm³/mol. The lowest BCUT2D eigenvalue weighted by Crippen LogP contribution is -2.48. The lowest BCUT2D eigenvalue weighted by Gasteiger charge is -2.37. The fraction of sp³-hybridized carbons (Fsp3) is 0.429. The van der Waals surface area contributed by atoms with Crippen LogP contribution in [-0.4, -0.2) is 34.4 Å². The lowest BCUT2D eigenvalue weighted by molar-refractivity contribution is -0.123. The minimum atomic E-state index is -0.380. The van der Waals surface area contributed by atoms with Gasteiger partial charge in [0.1, 0.15) is 5.75 Å². The van der Waals surface area contributed by atoms with E-state index in [-0.39, 0.29) is 35.2 Å². The Balaban J connectivity index is 2.21. The number of carbonyl (C=O) groups is 2. The van der Waals surface area contributed by atoms with E-state index in [4.69, 9.17) is 11.5 Å². The molecule has 0 bridgehead atoms. The number of likely N-dealkylation sites (tertiary alicyclic amines) is 1. The molecule has 1 fully saturated rings. The Morgan fingerprint density at radius 3 is 2.65 bits per heavy atom. The number of aromatic hydroxyl groups is 1. The number of benzene rings is 1. The molecule has 2 atom stereocenters. The van der Waals surface area contributed by atoms with Gasteiger partial charge in [-0.25, -0.2) is 0 Å². The third-order valence-corrected chi connectivity index (χ3v) is 3.82. The Morgan fingerprint density at radius 1 is 1.35 bits per heavy atom. The molecule has 108 valence electrons. The van der Waals surface area contributed by atoms with Crippen molar-refractivity contribution in [2.45, 2.75) is 25.8 Å². The van der Waals surface area contributed by atoms with E-state index in [1.807, 2.05) is 6.92 Å². The van der Waals surface area contributed by atoms with Crippen LogP contribution in [0.4, 0.5) is 5.69 Å². The third kappa shape index (κ3) is 2.68. The summed E-state index contributed by atoms with van der Waals surface area (Å²) in [6.07, 6.45) is 1.44. The number of nitrogen functional groups attached to an aromatic ring is 1. The standard InChI is InChI=1S/C14H19N3O3/c1-8-2-3-10(13(16)19)7-17(8)14(20)9-4-5-11(15)12(18)6-9/h4-6,8,10,18H,2-3,7,15H2,1H3,(H2,16,19). The van der Waals surface area contributed by atoms with Crippen LogP contribution in [0, 0.1) is 5.92 Å². The van der Waals surface area contributed by atoms with Crippen molar-refractivity contribution in [3.63, 3.8) is 0 Å². The number of hydrogen-bond donors (Lipinski definition) is 3. The van der Waals surface area contributed by atoms with Crippen LogP contribution in [0.5, 0.6) is 5.75 Å². The average molecular weight is 277 g/mol. The van der Waals surface area contributed by atoms with E-state index in [0.717, 1.165) is 6.42 Å². The van der Waals surface area contributed by atoms with Gasteiger partial charge in [-0.1, -0.05) is 0 Å². The van der Waals surface area contributed by atoms with E-state index in [0.29, 0.717) is 18.5 Å². The minimum absolute atomic E-state index is 0.0396. The molecule has 0 aliphatic carbocycles. The molecule has 0 spiro atoms. The molecule has 2 unspecified atom stereocenters. The predicted octanol–water partition coefficient (Wildman–Crippen LogP) is 0.700. The summed E-state index contributed by atoms with van der Waals surface area (Å²) in [6, 6.07) is 4.44. The molecule has 2 amide bonds. The largest absolute Gasteiger partial charge is 0.506 e. The van der Waals surface area contributed by atoms with Crippen molar-refractivity contribution < 1.29 is 14.7 Å². The lowest BCUT2D eigenvalue weighted by atomic mass is 9.92. The van der Waals surface area contributed by atoms with Gasteiger partial charge >= 0.3 is 0 Å². The summed E-state index contributed by atoms with van der Waals surface area (Å²) in [4.78, 5) is 25.4. The topological polar surface area (TPSA) is 110 Å². The highest BCUT2D eigenvalue weighted by Gasteiger charge is 2.32. The van der Waals surface area contributed by atoms with Crippen LogP contribution < -0.4 is 11.5 Å². The maximum absolute atomic E-state index is 12.5. The van der Waals surface area contributed by atoms with E-state index < -0.39 is 0 Å². The first-order valence-corrected chi connectivity index (χ1v) is 6.59. The summed E-state index contributed by atoms with van der Waals surface area (Å²) in [7, 11) is 0. The SMILES string of the molecule is CC1CCC(C(N)=O)CN1C(=O)c1ccc(N)c(O)c1. The van der Waals surface area contributed by atoms with E-state index >= 15 is 0 Å². The van der Waals surface area contributed by atoms with E-state index in [9.17, 15) is 14.7 Å². The second kappa shape index (κ2) is 5.40. The smallest absolute Gasteiger partial charge is 0.254 e. The third-order valence-electron chi connectivity index (χ3n) is 3.82. The normalized spacial score (nSPS) is 22.6. The Kier molecular flexibility index (Phi) is 3.83. The van der Waals surface area contributed by atoms with Gasteiger partial charge in [-0.2, -0.15) is 0 Å². The Morgan fingerprint density at radius 2 is 2.05 bits per heavy atom. The Hall–Kier alpha value is -2.24. The molecule has 1 aromatic rings. The van der Waals surface area contributed by atoms with Crippen molar-refractivity contribution >= 4 is 17.5 Å². The van der Waals surface area contributed by atoms with Crippen LogP contribution in [0.25, 0.3) is 0 Å². The van der Waals surface area contributed by atoms with E-state index in [1.54, 1.807) is 11.0 Å². The average Bonchev–Trinajstić information content (AvgIpc) is 2.41. The fourth-order valence-electron chi connectivity index (χ4n) is 2.46. The zero-order valence-electron chi connectivity index (χ0n) is 11.4. The summed E-state index contributed by atoms with van der Waals surface area (Å²) in [5, 5.41) is 9.58. The Bertz CT molecular complexity index is 544. The summed E-state index contributed by atoms with van der Waals surface area (Å²) in [5.41, 5.74) is 11.4. The van der Waals surface area contributed by atoms with Crippen molar-refractivity contribution in [3.8, 4) is 5.75 Å². The molecular weight excluding hydrogens is 258 g/mol. The number of primary amides is 1. The van der Waals surface area contributed by atoms with Crippen LogP contribution in [0.2, 0.25) is 0 Å². The number of anilines is 1. The second-order valence-electron chi connectivity index (χ2n) is 5.26. The number of nitrogens with two attached hydrogens (primary N) is 2. The summed E-state index contributed by atoms with van der Waals surface area (Å²) < 4.78 is 0. The number of phenols is 1. The summed E-state index contributed by atoms with van der Waals surface area (Å²) >= 11 is 0. The first-order valence-electron chi connectivity index (χ1n) is 6.59. The maximum atomic E-state index is 12.5. The first kappa shape index (κ1) is 14.2. The first-order chi connectivity index (χ1) is 9.40. The molecule has 1 aromatic carbocycles. The monoisotopic (exact) mass is 277 g/mol. The number of nitrogens with zero attached hydrogens (tertiary/aromatic N) is 1. The van der Waals surface area contributed by atoms with Gasteiger partial charge in [-0.15, -0.1) is 0 Å². The quantitative estimate of drug-likeness (QED) is 0.546. The highest BCUT2D eigenvalue weighted by molar-refractivity contribution is 5.95. The molecular formula is C14H19N3O3. The van der Waals surface area contributed by atoms with Crippen molar-refractivity contribution in [2.24, 2.45) is 11.7 Å². The highest BCUT2D eigenvalue weighted by atomic mass is 16.3. The Labute approximate surface area is 117 Å². The van der Waals surface area contributed by atoms with Gasteiger partial charge in [0.25, 0.3) is 5.91 Å². The molecule has 2 rings (SSSR count). The van der Waals surface area contributed by atoms with Gasteiger partial charge in [-0.3, -0.25) is 9.59 Å². The molecule has 1 heterocycles. The van der Waals surface area contributed by atoms with Crippen LogP contribution in [-0.2, 0) is 4.79 Å². The minimum Gasteiger partial charge on any atom is -0.506 e. The molecule has 1 aliphatic rings. The van der Waals surface area contributed by atoms with Gasteiger partial charge < -0.3 is 21.5 Å². The van der Waals surface area contributed by atoms with Crippen molar-refractivity contribution in [3.05, 3.63) is 23.8 Å². The molecule has 6 heteroatoms. The van der Waals surface area contributed by atoms with Crippen LogP contribution in [0.3, 0.4) is 0 Å². The van der Waals surface area contributed by atoms with E-state index in [2.05, 4.69) is 0 Å².